The first-order valence-electron chi connectivity index (χ1n) is 5.79. The summed E-state index contributed by atoms with van der Waals surface area (Å²) in [5.74, 6) is -1.18. The van der Waals surface area contributed by atoms with Gasteiger partial charge in [0.1, 0.15) is 0 Å². The molecule has 0 radical (unpaired) electrons. The number of nitrogens with zero attached hydrogens (tertiary/aromatic N) is 1. The normalized spacial score (nSPS) is 17.1. The lowest BCUT2D eigenvalue weighted by molar-refractivity contribution is 0.194. The van der Waals surface area contributed by atoms with Crippen LogP contribution in [-0.4, -0.2) is 13.1 Å². The number of nitrogens with two attached hydrogens (primary N) is 1. The molecule has 0 spiro atoms. The quantitative estimate of drug-likeness (QED) is 0.764. The van der Waals surface area contributed by atoms with Crippen LogP contribution in [0.15, 0.2) is 12.1 Å². The standard InChI is InChI=1S/C13H18F2N2/c1-13(2,3)8-6-17(7-8)12-10(16)5-4-9(14)11(12)15/h4-5,8H,6-7,16H2,1-3H3. The Hall–Kier alpha value is -1.32. The molecule has 1 fully saturated rings. The Kier molecular flexibility index (Phi) is 2.76. The highest BCUT2D eigenvalue weighted by Crippen LogP contribution is 2.39. The minimum absolute atomic E-state index is 0.190. The number of benzene rings is 1. The van der Waals surface area contributed by atoms with Crippen molar-refractivity contribution in [3.05, 3.63) is 23.8 Å². The largest absolute Gasteiger partial charge is 0.397 e. The molecule has 1 aromatic carbocycles. The molecule has 1 heterocycles. The van der Waals surface area contributed by atoms with Crippen LogP contribution in [-0.2, 0) is 0 Å². The lowest BCUT2D eigenvalue weighted by Crippen LogP contribution is -2.52. The summed E-state index contributed by atoms with van der Waals surface area (Å²) in [5, 5.41) is 0. The molecular formula is C13H18F2N2. The molecule has 0 saturated carbocycles. The monoisotopic (exact) mass is 240 g/mol. The van der Waals surface area contributed by atoms with Crippen LogP contribution >= 0.6 is 0 Å². The predicted molar refractivity (Wildman–Crippen MR) is 65.9 cm³/mol. The first kappa shape index (κ1) is 12.1. The van der Waals surface area contributed by atoms with Gasteiger partial charge in [-0.15, -0.1) is 0 Å². The van der Waals surface area contributed by atoms with Crippen LogP contribution in [0.25, 0.3) is 0 Å². The van der Waals surface area contributed by atoms with Gasteiger partial charge in [-0.05, 0) is 23.5 Å². The van der Waals surface area contributed by atoms with Gasteiger partial charge in [0.25, 0.3) is 0 Å². The van der Waals surface area contributed by atoms with Crippen molar-refractivity contribution >= 4 is 11.4 Å². The molecule has 4 heteroatoms. The van der Waals surface area contributed by atoms with E-state index in [1.54, 1.807) is 0 Å². The zero-order chi connectivity index (χ0) is 12.8. The maximum absolute atomic E-state index is 13.7. The highest BCUT2D eigenvalue weighted by Gasteiger charge is 2.37. The first-order chi connectivity index (χ1) is 7.80. The zero-order valence-electron chi connectivity index (χ0n) is 10.4. The number of nitrogen functional groups attached to an aromatic ring is 1. The van der Waals surface area contributed by atoms with Crippen LogP contribution in [0.5, 0.6) is 0 Å². The van der Waals surface area contributed by atoms with Crippen molar-refractivity contribution in [2.45, 2.75) is 20.8 Å². The van der Waals surface area contributed by atoms with Gasteiger partial charge in [0.15, 0.2) is 11.6 Å². The molecule has 0 amide bonds. The Morgan fingerprint density at radius 3 is 2.35 bits per heavy atom. The molecular weight excluding hydrogens is 222 g/mol. The van der Waals surface area contributed by atoms with Gasteiger partial charge in [0, 0.05) is 13.1 Å². The van der Waals surface area contributed by atoms with E-state index in [1.807, 2.05) is 4.90 Å². The first-order valence-corrected chi connectivity index (χ1v) is 5.79. The summed E-state index contributed by atoms with van der Waals surface area (Å²) in [4.78, 5) is 1.81. The van der Waals surface area contributed by atoms with E-state index in [0.717, 1.165) is 19.2 Å². The van der Waals surface area contributed by atoms with Crippen molar-refractivity contribution in [3.63, 3.8) is 0 Å². The van der Waals surface area contributed by atoms with Crippen LogP contribution in [0, 0.1) is 23.0 Å². The molecule has 1 aromatic rings. The molecule has 17 heavy (non-hydrogen) atoms. The van der Waals surface area contributed by atoms with E-state index in [0.29, 0.717) is 11.6 Å². The predicted octanol–water partition coefficient (Wildman–Crippen LogP) is 3.03. The Morgan fingerprint density at radius 1 is 1.24 bits per heavy atom. The van der Waals surface area contributed by atoms with E-state index in [1.165, 1.54) is 6.07 Å². The fourth-order valence-corrected chi connectivity index (χ4v) is 2.09. The van der Waals surface area contributed by atoms with Crippen LogP contribution < -0.4 is 10.6 Å². The molecule has 2 nitrogen and oxygen atoms in total. The zero-order valence-corrected chi connectivity index (χ0v) is 10.4. The maximum Gasteiger partial charge on any atom is 0.184 e. The topological polar surface area (TPSA) is 29.3 Å². The highest BCUT2D eigenvalue weighted by molar-refractivity contribution is 5.69. The molecule has 2 N–H and O–H groups in total. The third-order valence-electron chi connectivity index (χ3n) is 3.52. The fourth-order valence-electron chi connectivity index (χ4n) is 2.09. The van der Waals surface area contributed by atoms with Crippen LogP contribution in [0.2, 0.25) is 0 Å². The summed E-state index contributed by atoms with van der Waals surface area (Å²) in [7, 11) is 0. The third kappa shape index (κ3) is 2.08. The van der Waals surface area contributed by atoms with E-state index in [4.69, 9.17) is 5.73 Å². The number of hydrogen-bond donors (Lipinski definition) is 1. The summed E-state index contributed by atoms with van der Waals surface area (Å²) < 4.78 is 26.8. The summed E-state index contributed by atoms with van der Waals surface area (Å²) in [6, 6.07) is 2.48. The van der Waals surface area contributed by atoms with E-state index < -0.39 is 11.6 Å². The summed E-state index contributed by atoms with van der Waals surface area (Å²) >= 11 is 0. The van der Waals surface area contributed by atoms with Crippen molar-refractivity contribution in [2.24, 2.45) is 11.3 Å². The number of halogens is 2. The Morgan fingerprint density at radius 2 is 1.82 bits per heavy atom. The average molecular weight is 240 g/mol. The smallest absolute Gasteiger partial charge is 0.184 e. The van der Waals surface area contributed by atoms with Gasteiger partial charge in [-0.25, -0.2) is 8.78 Å². The van der Waals surface area contributed by atoms with E-state index in [9.17, 15) is 8.78 Å². The van der Waals surface area contributed by atoms with Gasteiger partial charge in [0.2, 0.25) is 0 Å². The van der Waals surface area contributed by atoms with E-state index >= 15 is 0 Å². The van der Waals surface area contributed by atoms with Gasteiger partial charge in [-0.1, -0.05) is 20.8 Å². The van der Waals surface area contributed by atoms with Crippen molar-refractivity contribution in [1.82, 2.24) is 0 Å². The number of rotatable bonds is 1. The van der Waals surface area contributed by atoms with Crippen LogP contribution in [0.1, 0.15) is 20.8 Å². The van der Waals surface area contributed by atoms with Crippen molar-refractivity contribution in [3.8, 4) is 0 Å². The molecule has 0 bridgehead atoms. The minimum atomic E-state index is -0.839. The molecule has 2 rings (SSSR count). The maximum atomic E-state index is 13.7. The van der Waals surface area contributed by atoms with Gasteiger partial charge >= 0.3 is 0 Å². The summed E-state index contributed by atoms with van der Waals surface area (Å²) in [6.45, 7) is 7.92. The lowest BCUT2D eigenvalue weighted by Gasteiger charge is -2.47. The van der Waals surface area contributed by atoms with Crippen molar-refractivity contribution in [2.75, 3.05) is 23.7 Å². The van der Waals surface area contributed by atoms with Crippen LogP contribution in [0.4, 0.5) is 20.2 Å². The van der Waals surface area contributed by atoms with Crippen molar-refractivity contribution in [1.29, 1.82) is 0 Å². The fraction of sp³-hybridized carbons (Fsp3) is 0.538. The number of anilines is 2. The lowest BCUT2D eigenvalue weighted by atomic mass is 9.76. The van der Waals surface area contributed by atoms with Gasteiger partial charge in [-0.2, -0.15) is 0 Å². The van der Waals surface area contributed by atoms with E-state index in [2.05, 4.69) is 20.8 Å². The Labute approximate surface area is 100 Å². The summed E-state index contributed by atoms with van der Waals surface area (Å²) in [5.41, 5.74) is 6.41. The SMILES string of the molecule is CC(C)(C)C1CN(c2c(N)ccc(F)c2F)C1. The second-order valence-corrected chi connectivity index (χ2v) is 5.77. The summed E-state index contributed by atoms with van der Waals surface area (Å²) in [6.07, 6.45) is 0. The average Bonchev–Trinajstić information content (AvgIpc) is 2.13. The molecule has 0 aromatic heterocycles. The minimum Gasteiger partial charge on any atom is -0.397 e. The van der Waals surface area contributed by atoms with Gasteiger partial charge < -0.3 is 10.6 Å². The second-order valence-electron chi connectivity index (χ2n) is 5.77. The van der Waals surface area contributed by atoms with Gasteiger partial charge in [0.05, 0.1) is 11.4 Å². The van der Waals surface area contributed by atoms with Crippen molar-refractivity contribution < 1.29 is 8.78 Å². The third-order valence-corrected chi connectivity index (χ3v) is 3.52. The Balaban J connectivity index is 2.20. The molecule has 1 aliphatic rings. The Bertz CT molecular complexity index is 432. The molecule has 1 saturated heterocycles. The van der Waals surface area contributed by atoms with Gasteiger partial charge in [-0.3, -0.25) is 0 Å². The molecule has 1 aliphatic heterocycles. The van der Waals surface area contributed by atoms with Crippen LogP contribution in [0.3, 0.4) is 0 Å². The number of hydrogen-bond acceptors (Lipinski definition) is 2. The highest BCUT2D eigenvalue weighted by atomic mass is 19.2. The molecule has 94 valence electrons. The second kappa shape index (κ2) is 3.86. The molecule has 0 atom stereocenters. The molecule has 0 unspecified atom stereocenters. The molecule has 0 aliphatic carbocycles. The van der Waals surface area contributed by atoms with E-state index in [-0.39, 0.29) is 11.1 Å².